The topological polar surface area (TPSA) is 56.7 Å². The highest BCUT2D eigenvalue weighted by Gasteiger charge is 2.22. The molecular formula is C51H30N4OS. The molecule has 0 aliphatic rings. The molecule has 0 N–H and O–H groups in total. The Hall–Kier alpha value is -7.41. The molecule has 4 heterocycles. The van der Waals surface area contributed by atoms with E-state index in [1.165, 1.54) is 20.2 Å². The van der Waals surface area contributed by atoms with Crippen molar-refractivity contribution in [3.63, 3.8) is 0 Å². The lowest BCUT2D eigenvalue weighted by Gasteiger charge is -2.11. The average molecular weight is 747 g/mol. The minimum absolute atomic E-state index is 0.560. The van der Waals surface area contributed by atoms with Crippen LogP contribution < -0.4 is 0 Å². The molecule has 0 amide bonds. The summed E-state index contributed by atoms with van der Waals surface area (Å²) >= 11 is 1.79. The first-order chi connectivity index (χ1) is 28.2. The number of para-hydroxylation sites is 3. The number of nitrogens with zero attached hydrogens (tertiary/aromatic N) is 4. The van der Waals surface area contributed by atoms with Crippen LogP contribution in [-0.4, -0.2) is 19.5 Å². The number of fused-ring (bicyclic) bond motifs is 9. The average Bonchev–Trinajstić information content (AvgIpc) is 3.95. The van der Waals surface area contributed by atoms with Crippen LogP contribution in [0.4, 0.5) is 0 Å². The van der Waals surface area contributed by atoms with Crippen LogP contribution >= 0.6 is 11.3 Å². The molecule has 0 aliphatic heterocycles. The van der Waals surface area contributed by atoms with Gasteiger partial charge >= 0.3 is 0 Å². The molecule has 12 rings (SSSR count). The Labute approximate surface area is 330 Å². The van der Waals surface area contributed by atoms with Gasteiger partial charge in [-0.3, -0.25) is 0 Å². The molecule has 8 aromatic carbocycles. The maximum absolute atomic E-state index is 6.89. The SMILES string of the molecule is c1ccc(-c2cccc(-c3nc(-c4cccc5c4oc4cc6c7ccccc7n(-c7ccccc7)c6cc45)nc(-c4cccc5sc6ccccc6c45)n3)c2)cc1. The van der Waals surface area contributed by atoms with Gasteiger partial charge in [0.15, 0.2) is 17.5 Å². The lowest BCUT2D eigenvalue weighted by atomic mass is 10.0. The molecule has 6 heteroatoms. The lowest BCUT2D eigenvalue weighted by Crippen LogP contribution is -2.00. The molecule has 0 aliphatic carbocycles. The summed E-state index contributed by atoms with van der Waals surface area (Å²) < 4.78 is 11.7. The molecule has 0 spiro atoms. The third kappa shape index (κ3) is 5.04. The molecule has 0 saturated carbocycles. The van der Waals surface area contributed by atoms with Crippen LogP contribution in [0.1, 0.15) is 0 Å². The van der Waals surface area contributed by atoms with Gasteiger partial charge in [-0.1, -0.05) is 127 Å². The van der Waals surface area contributed by atoms with E-state index in [9.17, 15) is 0 Å². The zero-order valence-corrected chi connectivity index (χ0v) is 31.2. The van der Waals surface area contributed by atoms with Crippen LogP contribution in [0.25, 0.3) is 115 Å². The Kier molecular flexibility index (Phi) is 7.03. The van der Waals surface area contributed by atoms with Crippen LogP contribution in [0, 0.1) is 0 Å². The van der Waals surface area contributed by atoms with Gasteiger partial charge in [0.25, 0.3) is 0 Å². The molecule has 0 bridgehead atoms. The number of thiophene rings is 1. The molecule has 4 aromatic heterocycles. The standard InChI is InChI=1S/C51H30N4OS/c1-3-14-31(15-4-1)32-16-11-17-33(28-32)49-52-50(38-23-13-27-46-47(38)37-21-8-10-26-45(37)57-46)54-51(53-49)39-24-12-22-36-41-29-43-40(30-44(41)56-48(36)39)35-20-7-9-25-42(35)55(43)34-18-5-2-6-19-34/h1-30H. The van der Waals surface area contributed by atoms with Crippen molar-refractivity contribution in [1.82, 2.24) is 19.5 Å². The minimum atomic E-state index is 0.560. The van der Waals surface area contributed by atoms with Gasteiger partial charge in [-0.2, -0.15) is 0 Å². The summed E-state index contributed by atoms with van der Waals surface area (Å²) in [5.74, 6) is 1.79. The third-order valence-corrected chi connectivity index (χ3v) is 12.2. The van der Waals surface area contributed by atoms with Crippen LogP contribution in [0.3, 0.4) is 0 Å². The number of furan rings is 1. The second kappa shape index (κ2) is 12.6. The predicted octanol–water partition coefficient (Wildman–Crippen LogP) is 13.9. The Morgan fingerprint density at radius 2 is 1.04 bits per heavy atom. The Balaban J connectivity index is 1.11. The Morgan fingerprint density at radius 3 is 1.91 bits per heavy atom. The summed E-state index contributed by atoms with van der Waals surface area (Å²) in [4.78, 5) is 15.8. The van der Waals surface area contributed by atoms with Crippen LogP contribution in [-0.2, 0) is 0 Å². The molecule has 57 heavy (non-hydrogen) atoms. The van der Waals surface area contributed by atoms with Crippen molar-refractivity contribution in [2.24, 2.45) is 0 Å². The van der Waals surface area contributed by atoms with E-state index >= 15 is 0 Å². The fourth-order valence-corrected chi connectivity index (χ4v) is 9.60. The molecule has 0 radical (unpaired) electrons. The van der Waals surface area contributed by atoms with Crippen molar-refractivity contribution in [2.45, 2.75) is 0 Å². The van der Waals surface area contributed by atoms with Gasteiger partial charge in [0, 0.05) is 58.5 Å². The second-order valence-corrected chi connectivity index (χ2v) is 15.5. The summed E-state index contributed by atoms with van der Waals surface area (Å²) in [7, 11) is 0. The summed E-state index contributed by atoms with van der Waals surface area (Å²) in [6.45, 7) is 0. The normalized spacial score (nSPS) is 11.9. The summed E-state index contributed by atoms with van der Waals surface area (Å²) in [5.41, 5.74) is 9.91. The first-order valence-electron chi connectivity index (χ1n) is 19.0. The van der Waals surface area contributed by atoms with Gasteiger partial charge in [0.05, 0.1) is 16.6 Å². The summed E-state index contributed by atoms with van der Waals surface area (Å²) in [6.07, 6.45) is 0. The smallest absolute Gasteiger partial charge is 0.167 e. The largest absolute Gasteiger partial charge is 0.455 e. The van der Waals surface area contributed by atoms with E-state index in [1.54, 1.807) is 11.3 Å². The van der Waals surface area contributed by atoms with Gasteiger partial charge in [-0.25, -0.2) is 15.0 Å². The van der Waals surface area contributed by atoms with Gasteiger partial charge in [-0.15, -0.1) is 11.3 Å². The molecule has 5 nitrogen and oxygen atoms in total. The number of benzene rings is 8. The fraction of sp³-hybridized carbons (Fsp3) is 0. The molecule has 0 fully saturated rings. The van der Waals surface area contributed by atoms with Crippen LogP contribution in [0.2, 0.25) is 0 Å². The number of rotatable bonds is 5. The molecule has 12 aromatic rings. The predicted molar refractivity (Wildman–Crippen MR) is 236 cm³/mol. The first-order valence-corrected chi connectivity index (χ1v) is 19.8. The van der Waals surface area contributed by atoms with Gasteiger partial charge in [-0.05, 0) is 65.7 Å². The van der Waals surface area contributed by atoms with Crippen molar-refractivity contribution >= 4 is 75.3 Å². The molecular weight excluding hydrogens is 717 g/mol. The molecule has 0 unspecified atom stereocenters. The maximum Gasteiger partial charge on any atom is 0.167 e. The number of hydrogen-bond donors (Lipinski definition) is 0. The zero-order chi connectivity index (χ0) is 37.5. The van der Waals surface area contributed by atoms with E-state index in [2.05, 4.69) is 180 Å². The Bertz CT molecular complexity index is 3530. The third-order valence-electron chi connectivity index (χ3n) is 11.1. The highest BCUT2D eigenvalue weighted by atomic mass is 32.1. The Morgan fingerprint density at radius 1 is 0.404 bits per heavy atom. The monoisotopic (exact) mass is 746 g/mol. The van der Waals surface area contributed by atoms with E-state index in [0.717, 1.165) is 77.2 Å². The molecule has 0 atom stereocenters. The van der Waals surface area contributed by atoms with E-state index < -0.39 is 0 Å². The highest BCUT2D eigenvalue weighted by molar-refractivity contribution is 7.25. The van der Waals surface area contributed by atoms with Crippen molar-refractivity contribution in [1.29, 1.82) is 0 Å². The van der Waals surface area contributed by atoms with Crippen molar-refractivity contribution in [3.8, 4) is 51.0 Å². The van der Waals surface area contributed by atoms with E-state index in [0.29, 0.717) is 17.5 Å². The second-order valence-electron chi connectivity index (χ2n) is 14.4. The minimum Gasteiger partial charge on any atom is -0.455 e. The van der Waals surface area contributed by atoms with Crippen molar-refractivity contribution < 1.29 is 4.42 Å². The quantitative estimate of drug-likeness (QED) is 0.176. The van der Waals surface area contributed by atoms with E-state index in [1.807, 2.05) is 6.07 Å². The maximum atomic E-state index is 6.89. The highest BCUT2D eigenvalue weighted by Crippen LogP contribution is 2.43. The van der Waals surface area contributed by atoms with Crippen LogP contribution in [0.15, 0.2) is 186 Å². The molecule has 266 valence electrons. The fourth-order valence-electron chi connectivity index (χ4n) is 8.47. The van der Waals surface area contributed by atoms with Crippen molar-refractivity contribution in [2.75, 3.05) is 0 Å². The summed E-state index contributed by atoms with van der Waals surface area (Å²) in [5, 5.41) is 6.72. The zero-order valence-electron chi connectivity index (χ0n) is 30.4. The van der Waals surface area contributed by atoms with Gasteiger partial charge in [0.1, 0.15) is 11.2 Å². The molecule has 0 saturated heterocycles. The van der Waals surface area contributed by atoms with E-state index in [-0.39, 0.29) is 0 Å². The van der Waals surface area contributed by atoms with Crippen molar-refractivity contribution in [3.05, 3.63) is 182 Å². The van der Waals surface area contributed by atoms with Crippen LogP contribution in [0.5, 0.6) is 0 Å². The number of aromatic nitrogens is 4. The number of hydrogen-bond acceptors (Lipinski definition) is 5. The van der Waals surface area contributed by atoms with Gasteiger partial charge in [0.2, 0.25) is 0 Å². The van der Waals surface area contributed by atoms with E-state index in [4.69, 9.17) is 19.4 Å². The summed E-state index contributed by atoms with van der Waals surface area (Å²) in [6, 6.07) is 63.7. The first kappa shape index (κ1) is 31.9. The van der Waals surface area contributed by atoms with Gasteiger partial charge < -0.3 is 8.98 Å². The lowest BCUT2D eigenvalue weighted by molar-refractivity contribution is 0.670.